The lowest BCUT2D eigenvalue weighted by Gasteiger charge is -2.24. The quantitative estimate of drug-likeness (QED) is 0.813. The first-order chi connectivity index (χ1) is 12.6. The van der Waals surface area contributed by atoms with Gasteiger partial charge in [0, 0.05) is 6.04 Å². The van der Waals surface area contributed by atoms with Crippen molar-refractivity contribution in [2.24, 2.45) is 0 Å². The lowest BCUT2D eigenvalue weighted by molar-refractivity contribution is -0.117. The zero-order valence-electron chi connectivity index (χ0n) is 14.4. The third-order valence-electron chi connectivity index (χ3n) is 4.54. The third-order valence-corrected chi connectivity index (χ3v) is 4.54. The van der Waals surface area contributed by atoms with Crippen LogP contribution in [0.4, 0.5) is 14.5 Å². The molecule has 1 heterocycles. The van der Waals surface area contributed by atoms with Gasteiger partial charge in [-0.25, -0.2) is 0 Å². The van der Waals surface area contributed by atoms with E-state index in [2.05, 4.69) is 27.1 Å². The van der Waals surface area contributed by atoms with Gasteiger partial charge in [0.2, 0.25) is 5.91 Å². The topological polar surface area (TPSA) is 41.6 Å². The summed E-state index contributed by atoms with van der Waals surface area (Å²) in [7, 11) is 0. The zero-order valence-corrected chi connectivity index (χ0v) is 14.4. The van der Waals surface area contributed by atoms with Gasteiger partial charge in [0.1, 0.15) is 5.75 Å². The summed E-state index contributed by atoms with van der Waals surface area (Å²) < 4.78 is 29.4. The Balaban J connectivity index is 1.59. The highest BCUT2D eigenvalue weighted by atomic mass is 19.3. The number of nitrogens with zero attached hydrogens (tertiary/aromatic N) is 1. The Labute approximate surface area is 151 Å². The van der Waals surface area contributed by atoms with E-state index in [1.807, 2.05) is 18.2 Å². The minimum atomic E-state index is -2.93. The Hall–Kier alpha value is -2.47. The summed E-state index contributed by atoms with van der Waals surface area (Å²) in [5, 5.41) is 2.69. The first kappa shape index (κ1) is 18.3. The lowest BCUT2D eigenvalue weighted by atomic mass is 10.0. The van der Waals surface area contributed by atoms with Crippen LogP contribution in [0.15, 0.2) is 54.6 Å². The van der Waals surface area contributed by atoms with Crippen LogP contribution in [-0.4, -0.2) is 36.5 Å². The monoisotopic (exact) mass is 360 g/mol. The van der Waals surface area contributed by atoms with Gasteiger partial charge >= 0.3 is 6.61 Å². The summed E-state index contributed by atoms with van der Waals surface area (Å²) in [4.78, 5) is 14.6. The van der Waals surface area contributed by atoms with E-state index in [0.717, 1.165) is 25.8 Å². The van der Waals surface area contributed by atoms with Gasteiger partial charge in [0.05, 0.1) is 12.2 Å². The van der Waals surface area contributed by atoms with E-state index < -0.39 is 6.61 Å². The van der Waals surface area contributed by atoms with Crippen LogP contribution in [0.25, 0.3) is 0 Å². The van der Waals surface area contributed by atoms with Crippen LogP contribution in [0, 0.1) is 0 Å². The number of para-hydroxylation sites is 2. The average Bonchev–Trinajstić information content (AvgIpc) is 3.04. The summed E-state index contributed by atoms with van der Waals surface area (Å²) in [5.74, 6) is -0.256. The molecule has 4 nitrogen and oxygen atoms in total. The normalized spacial score (nSPS) is 17.4. The summed E-state index contributed by atoms with van der Waals surface area (Å²) in [6.07, 6.45) is 3.00. The number of alkyl halides is 2. The van der Waals surface area contributed by atoms with E-state index in [0.29, 0.717) is 6.04 Å². The average molecular weight is 360 g/mol. The molecule has 1 aliphatic rings. The number of amides is 1. The molecule has 0 saturated carbocycles. The molecule has 1 N–H and O–H groups in total. The number of hydrogen-bond acceptors (Lipinski definition) is 3. The van der Waals surface area contributed by atoms with Crippen molar-refractivity contribution in [3.8, 4) is 5.75 Å². The number of carbonyl (C=O) groups excluding carboxylic acids is 1. The molecule has 0 aliphatic carbocycles. The molecule has 1 unspecified atom stereocenters. The largest absolute Gasteiger partial charge is 0.433 e. The van der Waals surface area contributed by atoms with Gasteiger partial charge in [-0.15, -0.1) is 0 Å². The van der Waals surface area contributed by atoms with E-state index in [1.165, 1.54) is 11.6 Å². The predicted octanol–water partition coefficient (Wildman–Crippen LogP) is 3.93. The van der Waals surface area contributed by atoms with Crippen LogP contribution in [0.3, 0.4) is 0 Å². The molecule has 26 heavy (non-hydrogen) atoms. The SMILES string of the molecule is O=C(CN1CCCC1Cc1ccccc1)Nc1ccccc1OC(F)F. The van der Waals surface area contributed by atoms with Gasteiger partial charge in [-0.05, 0) is 43.5 Å². The number of nitrogens with one attached hydrogen (secondary N) is 1. The van der Waals surface area contributed by atoms with Crippen molar-refractivity contribution in [1.29, 1.82) is 0 Å². The first-order valence-corrected chi connectivity index (χ1v) is 8.73. The Kier molecular flexibility index (Phi) is 6.17. The van der Waals surface area contributed by atoms with Gasteiger partial charge in [-0.3, -0.25) is 9.69 Å². The minimum Gasteiger partial charge on any atom is -0.433 e. The zero-order chi connectivity index (χ0) is 18.4. The van der Waals surface area contributed by atoms with E-state index in [4.69, 9.17) is 0 Å². The van der Waals surface area contributed by atoms with E-state index in [1.54, 1.807) is 18.2 Å². The van der Waals surface area contributed by atoms with Crippen LogP contribution in [0.2, 0.25) is 0 Å². The predicted molar refractivity (Wildman–Crippen MR) is 96.4 cm³/mol. The number of rotatable bonds is 7. The number of hydrogen-bond donors (Lipinski definition) is 1. The van der Waals surface area contributed by atoms with Crippen molar-refractivity contribution >= 4 is 11.6 Å². The molecule has 1 saturated heterocycles. The van der Waals surface area contributed by atoms with Crippen LogP contribution in [-0.2, 0) is 11.2 Å². The van der Waals surface area contributed by atoms with Gasteiger partial charge < -0.3 is 10.1 Å². The Morgan fingerprint density at radius 1 is 1.15 bits per heavy atom. The standard InChI is InChI=1S/C20H22F2N2O2/c21-20(22)26-18-11-5-4-10-17(18)23-19(25)14-24-12-6-9-16(24)13-15-7-2-1-3-8-15/h1-5,7-8,10-11,16,20H,6,9,12-14H2,(H,23,25). The molecular weight excluding hydrogens is 338 g/mol. The molecule has 2 aromatic rings. The summed E-state index contributed by atoms with van der Waals surface area (Å²) >= 11 is 0. The highest BCUT2D eigenvalue weighted by Crippen LogP contribution is 2.26. The number of halogens is 2. The fraction of sp³-hybridized carbons (Fsp3) is 0.350. The Morgan fingerprint density at radius 2 is 1.88 bits per heavy atom. The molecule has 2 aromatic carbocycles. The molecule has 1 aliphatic heterocycles. The van der Waals surface area contributed by atoms with Crippen LogP contribution in [0.1, 0.15) is 18.4 Å². The van der Waals surface area contributed by atoms with Gasteiger partial charge in [-0.1, -0.05) is 42.5 Å². The second-order valence-corrected chi connectivity index (χ2v) is 6.38. The molecule has 0 spiro atoms. The number of likely N-dealkylation sites (tertiary alicyclic amines) is 1. The molecule has 138 valence electrons. The highest BCUT2D eigenvalue weighted by Gasteiger charge is 2.26. The Morgan fingerprint density at radius 3 is 2.65 bits per heavy atom. The number of benzene rings is 2. The number of ether oxygens (including phenoxy) is 1. The van der Waals surface area contributed by atoms with Crippen molar-refractivity contribution in [1.82, 2.24) is 4.90 Å². The van der Waals surface area contributed by atoms with Crippen molar-refractivity contribution < 1.29 is 18.3 Å². The maximum absolute atomic E-state index is 12.5. The molecular formula is C20H22F2N2O2. The Bertz CT molecular complexity index is 725. The van der Waals surface area contributed by atoms with Crippen LogP contribution in [0.5, 0.6) is 5.75 Å². The highest BCUT2D eigenvalue weighted by molar-refractivity contribution is 5.93. The summed E-state index contributed by atoms with van der Waals surface area (Å²) in [5.41, 5.74) is 1.51. The summed E-state index contributed by atoms with van der Waals surface area (Å²) in [6.45, 7) is -1.83. The molecule has 1 amide bonds. The number of anilines is 1. The van der Waals surface area contributed by atoms with Crippen LogP contribution < -0.4 is 10.1 Å². The van der Waals surface area contributed by atoms with E-state index >= 15 is 0 Å². The number of carbonyl (C=O) groups is 1. The first-order valence-electron chi connectivity index (χ1n) is 8.73. The van der Waals surface area contributed by atoms with Crippen LogP contribution >= 0.6 is 0 Å². The van der Waals surface area contributed by atoms with Gasteiger partial charge in [-0.2, -0.15) is 8.78 Å². The molecule has 3 rings (SSSR count). The van der Waals surface area contributed by atoms with Crippen molar-refractivity contribution in [3.63, 3.8) is 0 Å². The molecule has 0 bridgehead atoms. The van der Waals surface area contributed by atoms with E-state index in [9.17, 15) is 13.6 Å². The minimum absolute atomic E-state index is 0.0295. The maximum Gasteiger partial charge on any atom is 0.387 e. The molecule has 0 aromatic heterocycles. The van der Waals surface area contributed by atoms with Crippen molar-refractivity contribution in [2.45, 2.75) is 31.9 Å². The van der Waals surface area contributed by atoms with Gasteiger partial charge in [0.15, 0.2) is 0 Å². The maximum atomic E-state index is 12.5. The van der Waals surface area contributed by atoms with Gasteiger partial charge in [0.25, 0.3) is 0 Å². The molecule has 1 atom stereocenters. The lowest BCUT2D eigenvalue weighted by Crippen LogP contribution is -2.37. The van der Waals surface area contributed by atoms with Crippen molar-refractivity contribution in [3.05, 3.63) is 60.2 Å². The molecule has 1 fully saturated rings. The van der Waals surface area contributed by atoms with Crippen molar-refractivity contribution in [2.75, 3.05) is 18.4 Å². The third kappa shape index (κ3) is 5.02. The fourth-order valence-electron chi connectivity index (χ4n) is 3.36. The fourth-order valence-corrected chi connectivity index (χ4v) is 3.36. The molecule has 0 radical (unpaired) electrons. The smallest absolute Gasteiger partial charge is 0.387 e. The molecule has 6 heteroatoms. The second kappa shape index (κ2) is 8.76. The summed E-state index contributed by atoms with van der Waals surface area (Å²) in [6, 6.07) is 16.7. The second-order valence-electron chi connectivity index (χ2n) is 6.38. The van der Waals surface area contributed by atoms with E-state index in [-0.39, 0.29) is 23.9 Å².